The van der Waals surface area contributed by atoms with Crippen molar-refractivity contribution in [1.29, 1.82) is 0 Å². The molecular weight excluding hydrogens is 312 g/mol. The van der Waals surface area contributed by atoms with Crippen molar-refractivity contribution >= 4 is 27.3 Å². The summed E-state index contributed by atoms with van der Waals surface area (Å²) in [7, 11) is -3.72. The number of nitrogen functional groups attached to an aromatic ring is 1. The van der Waals surface area contributed by atoms with Crippen LogP contribution in [0.2, 0.25) is 5.02 Å². The molecule has 0 atom stereocenters. The molecule has 0 aliphatic heterocycles. The summed E-state index contributed by atoms with van der Waals surface area (Å²) in [6, 6.07) is 2.78. The molecule has 0 spiro atoms. The fourth-order valence-electron chi connectivity index (χ4n) is 2.37. The quantitative estimate of drug-likeness (QED) is 0.750. The summed E-state index contributed by atoms with van der Waals surface area (Å²) in [6.45, 7) is 5.38. The highest BCUT2D eigenvalue weighted by molar-refractivity contribution is 7.89. The van der Waals surface area contributed by atoms with Crippen molar-refractivity contribution in [3.05, 3.63) is 22.7 Å². The van der Waals surface area contributed by atoms with E-state index >= 15 is 0 Å². The number of aliphatic hydroxyl groups is 1. The summed E-state index contributed by atoms with van der Waals surface area (Å²) in [5.74, 6) is 0. The van der Waals surface area contributed by atoms with Crippen molar-refractivity contribution in [1.82, 2.24) is 4.31 Å². The third-order valence-electron chi connectivity index (χ3n) is 3.55. The molecule has 0 aliphatic carbocycles. The maximum Gasteiger partial charge on any atom is 0.243 e. The normalized spacial score (nSPS) is 12.3. The van der Waals surface area contributed by atoms with Crippen molar-refractivity contribution in [3.8, 4) is 0 Å². The number of anilines is 1. The monoisotopic (exact) mass is 334 g/mol. The highest BCUT2D eigenvalue weighted by atomic mass is 35.5. The van der Waals surface area contributed by atoms with Crippen LogP contribution in [0.3, 0.4) is 0 Å². The SMILES string of the molecule is CCC(CC)N(CCO)S(=O)(=O)c1cc(N)c(Cl)cc1C. The predicted molar refractivity (Wildman–Crippen MR) is 85.9 cm³/mol. The second-order valence-corrected chi connectivity index (χ2v) is 7.22. The number of hydrogen-bond acceptors (Lipinski definition) is 4. The van der Waals surface area contributed by atoms with Crippen LogP contribution in [0.25, 0.3) is 0 Å². The molecule has 0 amide bonds. The average molecular weight is 335 g/mol. The first-order chi connectivity index (χ1) is 9.79. The molecule has 3 N–H and O–H groups in total. The number of halogens is 1. The van der Waals surface area contributed by atoms with E-state index in [4.69, 9.17) is 17.3 Å². The molecule has 1 aromatic carbocycles. The molecule has 0 unspecified atom stereocenters. The van der Waals surface area contributed by atoms with E-state index in [0.717, 1.165) is 0 Å². The first-order valence-corrected chi connectivity index (χ1v) is 8.79. The van der Waals surface area contributed by atoms with Gasteiger partial charge in [-0.1, -0.05) is 25.4 Å². The zero-order chi connectivity index (χ0) is 16.2. The maximum absolute atomic E-state index is 12.9. The minimum Gasteiger partial charge on any atom is -0.397 e. The van der Waals surface area contributed by atoms with E-state index in [9.17, 15) is 13.5 Å². The lowest BCUT2D eigenvalue weighted by Gasteiger charge is -2.29. The molecule has 120 valence electrons. The molecule has 0 heterocycles. The fraction of sp³-hybridized carbons (Fsp3) is 0.571. The smallest absolute Gasteiger partial charge is 0.243 e. The van der Waals surface area contributed by atoms with E-state index in [1.807, 2.05) is 13.8 Å². The summed E-state index contributed by atoms with van der Waals surface area (Å²) in [5, 5.41) is 9.54. The highest BCUT2D eigenvalue weighted by Crippen LogP contribution is 2.29. The first-order valence-electron chi connectivity index (χ1n) is 6.97. The molecule has 0 saturated heterocycles. The lowest BCUT2D eigenvalue weighted by atomic mass is 10.2. The molecule has 1 rings (SSSR count). The van der Waals surface area contributed by atoms with Crippen molar-refractivity contribution in [2.75, 3.05) is 18.9 Å². The van der Waals surface area contributed by atoms with Crippen LogP contribution >= 0.6 is 11.6 Å². The molecule has 0 fully saturated rings. The van der Waals surface area contributed by atoms with Crippen LogP contribution in [0.4, 0.5) is 5.69 Å². The second kappa shape index (κ2) is 7.45. The molecule has 0 radical (unpaired) electrons. The lowest BCUT2D eigenvalue weighted by Crippen LogP contribution is -2.41. The van der Waals surface area contributed by atoms with Crippen LogP contribution in [-0.2, 0) is 10.0 Å². The van der Waals surface area contributed by atoms with Crippen LogP contribution in [0, 0.1) is 6.92 Å². The number of nitrogens with zero attached hydrogens (tertiary/aromatic N) is 1. The van der Waals surface area contributed by atoms with E-state index in [0.29, 0.717) is 23.4 Å². The van der Waals surface area contributed by atoms with Gasteiger partial charge in [0.05, 0.1) is 22.2 Å². The molecule has 0 aromatic heterocycles. The van der Waals surface area contributed by atoms with Crippen LogP contribution in [0.1, 0.15) is 32.3 Å². The molecule has 0 bridgehead atoms. The summed E-state index contributed by atoms with van der Waals surface area (Å²) in [4.78, 5) is 0.143. The molecule has 21 heavy (non-hydrogen) atoms. The topological polar surface area (TPSA) is 83.6 Å². The van der Waals surface area contributed by atoms with Crippen molar-refractivity contribution in [2.45, 2.75) is 44.6 Å². The van der Waals surface area contributed by atoms with Gasteiger partial charge in [-0.2, -0.15) is 4.31 Å². The lowest BCUT2D eigenvalue weighted by molar-refractivity contribution is 0.219. The molecule has 0 saturated carbocycles. The minimum absolute atomic E-state index is 0.0661. The van der Waals surface area contributed by atoms with Gasteiger partial charge >= 0.3 is 0 Å². The summed E-state index contributed by atoms with van der Waals surface area (Å²) in [6.07, 6.45) is 1.36. The summed E-state index contributed by atoms with van der Waals surface area (Å²) < 4.78 is 27.1. The van der Waals surface area contributed by atoms with Gasteiger partial charge < -0.3 is 10.8 Å². The van der Waals surface area contributed by atoms with Gasteiger partial charge in [0.1, 0.15) is 0 Å². The molecule has 1 aromatic rings. The van der Waals surface area contributed by atoms with E-state index in [1.54, 1.807) is 13.0 Å². The number of nitrogens with two attached hydrogens (primary N) is 1. The third-order valence-corrected chi connectivity index (χ3v) is 5.97. The number of sulfonamides is 1. The Morgan fingerprint density at radius 3 is 2.38 bits per heavy atom. The number of hydrogen-bond donors (Lipinski definition) is 2. The van der Waals surface area contributed by atoms with E-state index in [-0.39, 0.29) is 29.8 Å². The fourth-order valence-corrected chi connectivity index (χ4v) is 4.59. The average Bonchev–Trinajstić information content (AvgIpc) is 2.43. The maximum atomic E-state index is 12.9. The predicted octanol–water partition coefficient (Wildman–Crippen LogP) is 2.40. The minimum atomic E-state index is -3.72. The van der Waals surface area contributed by atoms with Crippen LogP contribution in [0.5, 0.6) is 0 Å². The largest absolute Gasteiger partial charge is 0.397 e. The summed E-state index contributed by atoms with van der Waals surface area (Å²) in [5.41, 5.74) is 6.51. The van der Waals surface area contributed by atoms with Crippen molar-refractivity contribution in [3.63, 3.8) is 0 Å². The Morgan fingerprint density at radius 1 is 1.33 bits per heavy atom. The first kappa shape index (κ1) is 18.2. The van der Waals surface area contributed by atoms with E-state index < -0.39 is 10.0 Å². The zero-order valence-corrected chi connectivity index (χ0v) is 14.2. The van der Waals surface area contributed by atoms with Crippen LogP contribution < -0.4 is 5.73 Å². The summed E-state index contributed by atoms with van der Waals surface area (Å²) >= 11 is 5.92. The van der Waals surface area contributed by atoms with Crippen LogP contribution in [0.15, 0.2) is 17.0 Å². The number of aryl methyl sites for hydroxylation is 1. The Bertz CT molecular complexity index is 586. The molecule has 7 heteroatoms. The van der Waals surface area contributed by atoms with Gasteiger partial charge in [-0.15, -0.1) is 0 Å². The van der Waals surface area contributed by atoms with Crippen LogP contribution in [-0.4, -0.2) is 37.0 Å². The highest BCUT2D eigenvalue weighted by Gasteiger charge is 2.30. The molecule has 0 aliphatic rings. The standard InChI is InChI=1S/C14H23ClN2O3S/c1-4-11(5-2)17(6-7-18)21(19,20)14-9-13(16)12(15)8-10(14)3/h8-9,11,18H,4-7,16H2,1-3H3. The third kappa shape index (κ3) is 3.88. The van der Waals surface area contributed by atoms with E-state index in [2.05, 4.69) is 0 Å². The van der Waals surface area contributed by atoms with Gasteiger partial charge in [-0.25, -0.2) is 8.42 Å². The van der Waals surface area contributed by atoms with Gasteiger partial charge in [0.15, 0.2) is 0 Å². The van der Waals surface area contributed by atoms with Crippen molar-refractivity contribution < 1.29 is 13.5 Å². The van der Waals surface area contributed by atoms with Gasteiger partial charge in [0.2, 0.25) is 10.0 Å². The van der Waals surface area contributed by atoms with Gasteiger partial charge in [-0.05, 0) is 37.5 Å². The number of benzene rings is 1. The van der Waals surface area contributed by atoms with Crippen molar-refractivity contribution in [2.24, 2.45) is 0 Å². The van der Waals surface area contributed by atoms with E-state index in [1.165, 1.54) is 10.4 Å². The Morgan fingerprint density at radius 2 is 1.90 bits per heavy atom. The zero-order valence-electron chi connectivity index (χ0n) is 12.6. The van der Waals surface area contributed by atoms with Gasteiger partial charge in [-0.3, -0.25) is 0 Å². The number of aliphatic hydroxyl groups excluding tert-OH is 1. The Labute approximate surface area is 131 Å². The molecular formula is C14H23ClN2O3S. The Kier molecular flexibility index (Phi) is 6.46. The second-order valence-electron chi connectivity index (χ2n) is 4.95. The number of rotatable bonds is 7. The Balaban J connectivity index is 3.38. The Hall–Kier alpha value is -0.820. The molecule has 5 nitrogen and oxygen atoms in total. The van der Waals surface area contributed by atoms with Gasteiger partial charge in [0, 0.05) is 12.6 Å². The van der Waals surface area contributed by atoms with Gasteiger partial charge in [0.25, 0.3) is 0 Å².